The lowest BCUT2D eigenvalue weighted by atomic mass is 9.87. The summed E-state index contributed by atoms with van der Waals surface area (Å²) >= 11 is 0. The number of fused-ring (bicyclic) bond motifs is 1. The van der Waals surface area contributed by atoms with Crippen LogP contribution in [0.5, 0.6) is 0 Å². The molecular weight excluding hydrogens is 238 g/mol. The second kappa shape index (κ2) is 5.85. The molecule has 0 radical (unpaired) electrons. The Kier molecular flexibility index (Phi) is 4.17. The summed E-state index contributed by atoms with van der Waals surface area (Å²) in [7, 11) is 0. The Labute approximate surface area is 113 Å². The van der Waals surface area contributed by atoms with Crippen molar-refractivity contribution < 1.29 is 9.90 Å². The second-order valence-electron chi connectivity index (χ2n) is 4.85. The number of hydrogen-bond donors (Lipinski definition) is 2. The van der Waals surface area contributed by atoms with Gasteiger partial charge in [-0.15, -0.1) is 0 Å². The predicted molar refractivity (Wildman–Crippen MR) is 77.2 cm³/mol. The molecule has 0 fully saturated rings. The number of carboxylic acid groups (broad SMARTS) is 1. The number of benzene rings is 2. The first-order chi connectivity index (χ1) is 9.13. The highest BCUT2D eigenvalue weighted by molar-refractivity contribution is 5.86. The Morgan fingerprint density at radius 1 is 1.21 bits per heavy atom. The first kappa shape index (κ1) is 13.6. The molecule has 0 amide bonds. The largest absolute Gasteiger partial charge is 0.480 e. The number of hydrogen-bond acceptors (Lipinski definition) is 2. The average Bonchev–Trinajstić information content (AvgIpc) is 2.44. The topological polar surface area (TPSA) is 63.3 Å². The van der Waals surface area contributed by atoms with E-state index < -0.39 is 12.0 Å². The van der Waals surface area contributed by atoms with Crippen molar-refractivity contribution in [2.45, 2.75) is 31.7 Å². The molecular formula is C16H19NO2. The molecule has 19 heavy (non-hydrogen) atoms. The van der Waals surface area contributed by atoms with Gasteiger partial charge in [-0.25, -0.2) is 0 Å². The monoisotopic (exact) mass is 257 g/mol. The number of carboxylic acids is 1. The van der Waals surface area contributed by atoms with Gasteiger partial charge in [0, 0.05) is 0 Å². The highest BCUT2D eigenvalue weighted by Crippen LogP contribution is 2.30. The van der Waals surface area contributed by atoms with Crippen LogP contribution in [0.25, 0.3) is 10.8 Å². The van der Waals surface area contributed by atoms with E-state index >= 15 is 0 Å². The van der Waals surface area contributed by atoms with Crippen LogP contribution in [0.4, 0.5) is 0 Å². The Morgan fingerprint density at radius 3 is 2.58 bits per heavy atom. The molecule has 2 atom stereocenters. The van der Waals surface area contributed by atoms with Gasteiger partial charge in [0.25, 0.3) is 0 Å². The fourth-order valence-electron chi connectivity index (χ4n) is 2.53. The number of aliphatic carboxylic acids is 1. The molecule has 0 aliphatic rings. The first-order valence-electron chi connectivity index (χ1n) is 6.59. The van der Waals surface area contributed by atoms with E-state index in [4.69, 9.17) is 10.8 Å². The van der Waals surface area contributed by atoms with Gasteiger partial charge in [0.2, 0.25) is 0 Å². The van der Waals surface area contributed by atoms with Crippen molar-refractivity contribution in [3.63, 3.8) is 0 Å². The van der Waals surface area contributed by atoms with Crippen molar-refractivity contribution in [2.24, 2.45) is 5.73 Å². The van der Waals surface area contributed by atoms with E-state index in [9.17, 15) is 4.79 Å². The van der Waals surface area contributed by atoms with E-state index in [1.807, 2.05) is 18.2 Å². The van der Waals surface area contributed by atoms with Gasteiger partial charge in [-0.2, -0.15) is 0 Å². The van der Waals surface area contributed by atoms with E-state index in [0.717, 1.165) is 6.42 Å². The van der Waals surface area contributed by atoms with Gasteiger partial charge < -0.3 is 10.8 Å². The molecule has 2 unspecified atom stereocenters. The molecule has 0 heterocycles. The summed E-state index contributed by atoms with van der Waals surface area (Å²) in [5.74, 6) is -0.754. The van der Waals surface area contributed by atoms with Crippen LogP contribution in [0.2, 0.25) is 0 Å². The molecule has 100 valence electrons. The van der Waals surface area contributed by atoms with Gasteiger partial charge in [-0.3, -0.25) is 4.79 Å². The highest BCUT2D eigenvalue weighted by Gasteiger charge is 2.20. The van der Waals surface area contributed by atoms with Gasteiger partial charge in [0.1, 0.15) is 6.04 Å². The average molecular weight is 257 g/mol. The van der Waals surface area contributed by atoms with Gasteiger partial charge in [-0.05, 0) is 35.1 Å². The lowest BCUT2D eigenvalue weighted by Gasteiger charge is -2.19. The maximum absolute atomic E-state index is 10.9. The maximum atomic E-state index is 10.9. The van der Waals surface area contributed by atoms with Crippen LogP contribution in [-0.2, 0) is 4.79 Å². The summed E-state index contributed by atoms with van der Waals surface area (Å²) in [4.78, 5) is 10.9. The zero-order chi connectivity index (χ0) is 13.8. The molecule has 0 bridgehead atoms. The summed E-state index contributed by atoms with van der Waals surface area (Å²) in [6.07, 6.45) is 1.36. The van der Waals surface area contributed by atoms with Crippen molar-refractivity contribution in [3.8, 4) is 0 Å². The van der Waals surface area contributed by atoms with Crippen LogP contribution in [0.1, 0.15) is 31.2 Å². The first-order valence-corrected chi connectivity index (χ1v) is 6.59. The second-order valence-corrected chi connectivity index (χ2v) is 4.85. The molecule has 0 spiro atoms. The Balaban J connectivity index is 2.38. The Bertz CT molecular complexity index is 574. The zero-order valence-corrected chi connectivity index (χ0v) is 11.0. The van der Waals surface area contributed by atoms with Crippen molar-refractivity contribution in [1.82, 2.24) is 0 Å². The van der Waals surface area contributed by atoms with E-state index in [1.54, 1.807) is 0 Å². The minimum atomic E-state index is -0.932. The summed E-state index contributed by atoms with van der Waals surface area (Å²) in [5.41, 5.74) is 6.87. The Morgan fingerprint density at radius 2 is 1.89 bits per heavy atom. The van der Waals surface area contributed by atoms with Crippen molar-refractivity contribution >= 4 is 16.7 Å². The van der Waals surface area contributed by atoms with Gasteiger partial charge in [-0.1, -0.05) is 49.4 Å². The van der Waals surface area contributed by atoms with E-state index in [0.29, 0.717) is 6.42 Å². The summed E-state index contributed by atoms with van der Waals surface area (Å²) in [6, 6.07) is 13.5. The predicted octanol–water partition coefficient (Wildman–Crippen LogP) is 3.14. The van der Waals surface area contributed by atoms with Gasteiger partial charge in [0.05, 0.1) is 0 Å². The third-order valence-corrected chi connectivity index (χ3v) is 3.61. The van der Waals surface area contributed by atoms with Crippen molar-refractivity contribution in [2.75, 3.05) is 0 Å². The maximum Gasteiger partial charge on any atom is 0.320 e. The van der Waals surface area contributed by atoms with E-state index in [1.165, 1.54) is 16.3 Å². The minimum Gasteiger partial charge on any atom is -0.480 e. The van der Waals surface area contributed by atoms with Crippen LogP contribution >= 0.6 is 0 Å². The molecule has 2 aromatic carbocycles. The number of carbonyl (C=O) groups is 1. The van der Waals surface area contributed by atoms with Crippen LogP contribution in [0, 0.1) is 0 Å². The Hall–Kier alpha value is -1.87. The minimum absolute atomic E-state index is 0.178. The third-order valence-electron chi connectivity index (χ3n) is 3.61. The van der Waals surface area contributed by atoms with Crippen molar-refractivity contribution in [1.29, 1.82) is 0 Å². The summed E-state index contributed by atoms with van der Waals surface area (Å²) in [6.45, 7) is 2.07. The fourth-order valence-corrected chi connectivity index (χ4v) is 2.53. The molecule has 3 N–H and O–H groups in total. The zero-order valence-electron chi connectivity index (χ0n) is 11.0. The fraction of sp³-hybridized carbons (Fsp3) is 0.312. The van der Waals surface area contributed by atoms with Crippen LogP contribution in [-0.4, -0.2) is 17.1 Å². The quantitative estimate of drug-likeness (QED) is 0.865. The molecule has 0 aromatic heterocycles. The highest BCUT2D eigenvalue weighted by atomic mass is 16.4. The van der Waals surface area contributed by atoms with Crippen LogP contribution < -0.4 is 5.73 Å². The van der Waals surface area contributed by atoms with E-state index in [2.05, 4.69) is 31.2 Å². The van der Waals surface area contributed by atoms with Gasteiger partial charge >= 0.3 is 5.97 Å². The summed E-state index contributed by atoms with van der Waals surface area (Å²) < 4.78 is 0. The molecule has 3 heteroatoms. The molecule has 0 aliphatic carbocycles. The molecule has 0 aliphatic heterocycles. The van der Waals surface area contributed by atoms with Crippen LogP contribution in [0.3, 0.4) is 0 Å². The van der Waals surface area contributed by atoms with Crippen molar-refractivity contribution in [3.05, 3.63) is 48.0 Å². The molecule has 0 saturated carbocycles. The van der Waals surface area contributed by atoms with E-state index in [-0.39, 0.29) is 5.92 Å². The summed E-state index contributed by atoms with van der Waals surface area (Å²) in [5, 5.41) is 11.3. The SMILES string of the molecule is CCC(CC(N)C(=O)O)c1cccc2ccccc12. The molecule has 2 aromatic rings. The molecule has 0 saturated heterocycles. The standard InChI is InChI=1S/C16H19NO2/c1-2-11(10-15(17)16(18)19)13-9-5-7-12-6-3-4-8-14(12)13/h3-9,11,15H,2,10,17H2,1H3,(H,18,19). The third kappa shape index (κ3) is 2.93. The lowest BCUT2D eigenvalue weighted by molar-refractivity contribution is -0.138. The normalized spacial score (nSPS) is 14.2. The molecule has 3 nitrogen and oxygen atoms in total. The number of nitrogens with two attached hydrogens (primary N) is 1. The number of rotatable bonds is 5. The smallest absolute Gasteiger partial charge is 0.320 e. The van der Waals surface area contributed by atoms with Crippen LogP contribution in [0.15, 0.2) is 42.5 Å². The molecule has 2 rings (SSSR count). The van der Waals surface area contributed by atoms with Gasteiger partial charge in [0.15, 0.2) is 0 Å². The lowest BCUT2D eigenvalue weighted by Crippen LogP contribution is -2.31.